The summed E-state index contributed by atoms with van der Waals surface area (Å²) in [4.78, 5) is 13.5. The number of ether oxygens (including phenoxy) is 1. The van der Waals surface area contributed by atoms with Crippen molar-refractivity contribution in [1.29, 1.82) is 0 Å². The zero-order valence-electron chi connectivity index (χ0n) is 20.1. The summed E-state index contributed by atoms with van der Waals surface area (Å²) in [5.41, 5.74) is 5.81. The third-order valence-corrected chi connectivity index (χ3v) is 8.11. The molecule has 1 aliphatic rings. The van der Waals surface area contributed by atoms with Crippen LogP contribution in [-0.4, -0.2) is 27.0 Å². The van der Waals surface area contributed by atoms with E-state index in [1.54, 1.807) is 42.5 Å². The number of benzene rings is 3. The van der Waals surface area contributed by atoms with Crippen LogP contribution in [0, 0.1) is 27.7 Å². The Hall–Kier alpha value is -3.32. The van der Waals surface area contributed by atoms with Crippen LogP contribution in [0.3, 0.4) is 0 Å². The number of aryl methyl sites for hydroxylation is 4. The summed E-state index contributed by atoms with van der Waals surface area (Å²) in [6.07, 6.45) is -0.984. The van der Waals surface area contributed by atoms with Crippen molar-refractivity contribution in [3.63, 3.8) is 0 Å². The number of hydrogen-bond donors (Lipinski definition) is 1. The molecule has 0 saturated heterocycles. The molecule has 1 aliphatic heterocycles. The first kappa shape index (κ1) is 23.8. The van der Waals surface area contributed by atoms with Gasteiger partial charge in [0, 0.05) is 0 Å². The maximum atomic E-state index is 13.5. The molecule has 2 atom stereocenters. The molecule has 1 amide bonds. The fourth-order valence-corrected chi connectivity index (χ4v) is 5.78. The molecule has 0 unspecified atom stereocenters. The van der Waals surface area contributed by atoms with E-state index in [4.69, 9.17) is 4.74 Å². The van der Waals surface area contributed by atoms with Crippen LogP contribution < -0.4 is 14.4 Å². The summed E-state index contributed by atoms with van der Waals surface area (Å²) in [7, 11) is -3.88. The molecule has 0 aliphatic carbocycles. The third kappa shape index (κ3) is 4.53. The highest BCUT2D eigenvalue weighted by Gasteiger charge is 2.38. The Morgan fingerprint density at radius 3 is 2.35 bits per heavy atom. The van der Waals surface area contributed by atoms with E-state index in [1.165, 1.54) is 9.87 Å². The normalized spacial score (nSPS) is 16.4. The minimum atomic E-state index is -3.88. The van der Waals surface area contributed by atoms with Crippen LogP contribution in [0.5, 0.6) is 5.75 Å². The van der Waals surface area contributed by atoms with Crippen molar-refractivity contribution in [2.24, 2.45) is 0 Å². The molecular weight excluding hydrogens is 448 g/mol. The SMILES string of the molecule is Cc1ccc2c(c1)O[C@H](C(=O)N[C@H](C)c1cc(C)c(C)cc1C)CN2S(=O)(=O)c1ccccc1. The minimum absolute atomic E-state index is 0.113. The quantitative estimate of drug-likeness (QED) is 0.574. The summed E-state index contributed by atoms with van der Waals surface area (Å²) in [5, 5.41) is 3.03. The molecule has 1 heterocycles. The molecule has 0 radical (unpaired) electrons. The average Bonchev–Trinajstić information content (AvgIpc) is 2.80. The van der Waals surface area contributed by atoms with Gasteiger partial charge in [0.1, 0.15) is 5.75 Å². The van der Waals surface area contributed by atoms with Gasteiger partial charge in [0.25, 0.3) is 15.9 Å². The first-order chi connectivity index (χ1) is 16.1. The summed E-state index contributed by atoms with van der Waals surface area (Å²) >= 11 is 0. The highest BCUT2D eigenvalue weighted by atomic mass is 32.2. The van der Waals surface area contributed by atoms with E-state index in [9.17, 15) is 13.2 Å². The number of nitrogens with zero attached hydrogens (tertiary/aromatic N) is 1. The Morgan fingerprint density at radius 1 is 0.971 bits per heavy atom. The van der Waals surface area contributed by atoms with Gasteiger partial charge in [0.2, 0.25) is 0 Å². The number of amides is 1. The highest BCUT2D eigenvalue weighted by Crippen LogP contribution is 2.38. The Kier molecular flexibility index (Phi) is 6.41. The Morgan fingerprint density at radius 2 is 1.65 bits per heavy atom. The molecule has 3 aromatic rings. The topological polar surface area (TPSA) is 75.7 Å². The van der Waals surface area contributed by atoms with Gasteiger partial charge in [-0.25, -0.2) is 8.42 Å². The van der Waals surface area contributed by atoms with Crippen molar-refractivity contribution in [1.82, 2.24) is 5.32 Å². The monoisotopic (exact) mass is 478 g/mol. The van der Waals surface area contributed by atoms with Crippen molar-refractivity contribution in [3.8, 4) is 5.75 Å². The lowest BCUT2D eigenvalue weighted by Crippen LogP contribution is -2.51. The number of anilines is 1. The third-order valence-electron chi connectivity index (χ3n) is 6.32. The second-order valence-corrected chi connectivity index (χ2v) is 10.8. The fraction of sp³-hybridized carbons (Fsp3) is 0.296. The molecule has 0 saturated carbocycles. The summed E-state index contributed by atoms with van der Waals surface area (Å²) in [6, 6.07) is 17.5. The van der Waals surface area contributed by atoms with E-state index in [0.717, 1.165) is 22.3 Å². The summed E-state index contributed by atoms with van der Waals surface area (Å²) in [6.45, 7) is 9.84. The highest BCUT2D eigenvalue weighted by molar-refractivity contribution is 7.92. The molecule has 7 heteroatoms. The van der Waals surface area contributed by atoms with Crippen LogP contribution in [0.2, 0.25) is 0 Å². The molecule has 1 N–H and O–H groups in total. The predicted octanol–water partition coefficient (Wildman–Crippen LogP) is 4.75. The lowest BCUT2D eigenvalue weighted by Gasteiger charge is -2.35. The summed E-state index contributed by atoms with van der Waals surface area (Å²) in [5.74, 6) is 0.0199. The Bertz CT molecular complexity index is 1340. The van der Waals surface area contributed by atoms with Gasteiger partial charge in [-0.1, -0.05) is 36.4 Å². The predicted molar refractivity (Wildman–Crippen MR) is 134 cm³/mol. The van der Waals surface area contributed by atoms with Crippen LogP contribution in [-0.2, 0) is 14.8 Å². The van der Waals surface area contributed by atoms with Crippen LogP contribution in [0.4, 0.5) is 5.69 Å². The molecule has 0 aromatic heterocycles. The second kappa shape index (κ2) is 9.14. The molecule has 6 nitrogen and oxygen atoms in total. The van der Waals surface area contributed by atoms with Gasteiger partial charge in [-0.15, -0.1) is 0 Å². The van der Waals surface area contributed by atoms with Crippen molar-refractivity contribution in [2.75, 3.05) is 10.8 Å². The van der Waals surface area contributed by atoms with E-state index in [0.29, 0.717) is 11.4 Å². The number of sulfonamides is 1. The first-order valence-electron chi connectivity index (χ1n) is 11.3. The van der Waals surface area contributed by atoms with E-state index in [1.807, 2.05) is 33.8 Å². The first-order valence-corrected chi connectivity index (χ1v) is 12.7. The van der Waals surface area contributed by atoms with Crippen LogP contribution in [0.15, 0.2) is 65.6 Å². The van der Waals surface area contributed by atoms with Gasteiger partial charge in [0.15, 0.2) is 6.10 Å². The number of carbonyl (C=O) groups is 1. The fourth-order valence-electron chi connectivity index (χ4n) is 4.28. The molecule has 178 valence electrons. The van der Waals surface area contributed by atoms with Crippen molar-refractivity contribution >= 4 is 21.6 Å². The number of fused-ring (bicyclic) bond motifs is 1. The number of rotatable bonds is 5. The van der Waals surface area contributed by atoms with E-state index in [2.05, 4.69) is 24.4 Å². The maximum Gasteiger partial charge on any atom is 0.264 e. The van der Waals surface area contributed by atoms with Crippen LogP contribution >= 0.6 is 0 Å². The van der Waals surface area contributed by atoms with Crippen LogP contribution in [0.25, 0.3) is 0 Å². The van der Waals surface area contributed by atoms with Gasteiger partial charge in [0.05, 0.1) is 23.2 Å². The van der Waals surface area contributed by atoms with E-state index >= 15 is 0 Å². The lowest BCUT2D eigenvalue weighted by atomic mass is 9.96. The number of nitrogens with one attached hydrogen (secondary N) is 1. The zero-order chi connectivity index (χ0) is 24.6. The largest absolute Gasteiger partial charge is 0.476 e. The Labute approximate surface area is 201 Å². The van der Waals surface area contributed by atoms with Gasteiger partial charge >= 0.3 is 0 Å². The smallest absolute Gasteiger partial charge is 0.264 e. The van der Waals surface area contributed by atoms with Gasteiger partial charge in [-0.2, -0.15) is 0 Å². The summed E-state index contributed by atoms with van der Waals surface area (Å²) < 4.78 is 34.3. The Balaban J connectivity index is 1.64. The van der Waals surface area contributed by atoms with Gasteiger partial charge in [-0.05, 0) is 86.7 Å². The van der Waals surface area contributed by atoms with Crippen molar-refractivity contribution < 1.29 is 17.9 Å². The molecular formula is C27H30N2O4S. The zero-order valence-corrected chi connectivity index (χ0v) is 20.9. The average molecular weight is 479 g/mol. The van der Waals surface area contributed by atoms with E-state index < -0.39 is 16.1 Å². The standard InChI is InChI=1S/C27H30N2O4S/c1-17-11-12-24-25(13-17)33-26(16-29(24)34(31,32)22-9-7-6-8-10-22)27(30)28-21(5)23-15-19(3)18(2)14-20(23)4/h6-15,21,26H,16H2,1-5H3,(H,28,30)/t21-,26+/m1/s1. The molecule has 34 heavy (non-hydrogen) atoms. The number of carbonyl (C=O) groups excluding carboxylic acids is 1. The molecule has 3 aromatic carbocycles. The molecule has 4 rings (SSSR count). The molecule has 0 spiro atoms. The molecule has 0 fully saturated rings. The minimum Gasteiger partial charge on any atom is -0.476 e. The maximum absolute atomic E-state index is 13.5. The van der Waals surface area contributed by atoms with Gasteiger partial charge < -0.3 is 10.1 Å². The second-order valence-electron chi connectivity index (χ2n) is 8.95. The van der Waals surface area contributed by atoms with Crippen molar-refractivity contribution in [3.05, 3.63) is 88.5 Å². The lowest BCUT2D eigenvalue weighted by molar-refractivity contribution is -0.128. The van der Waals surface area contributed by atoms with Crippen molar-refractivity contribution in [2.45, 2.75) is 51.7 Å². The van der Waals surface area contributed by atoms with Gasteiger partial charge in [-0.3, -0.25) is 9.10 Å². The van der Waals surface area contributed by atoms with E-state index in [-0.39, 0.29) is 23.4 Å². The molecule has 0 bridgehead atoms. The van der Waals surface area contributed by atoms with Crippen LogP contribution in [0.1, 0.15) is 40.8 Å². The number of hydrogen-bond acceptors (Lipinski definition) is 4.